The molecule has 0 radical (unpaired) electrons. The minimum atomic E-state index is 0. The molecule has 1 amide bonds. The molecule has 130 valence electrons. The van der Waals surface area contributed by atoms with Crippen LogP contribution in [0.5, 0.6) is 0 Å². The molecule has 2 rings (SSSR count). The minimum Gasteiger partial charge on any atom is -0.342 e. The fourth-order valence-corrected chi connectivity index (χ4v) is 4.15. The van der Waals surface area contributed by atoms with Crippen LogP contribution in [0.2, 0.25) is 0 Å². The third-order valence-corrected chi connectivity index (χ3v) is 5.69. The van der Waals surface area contributed by atoms with Gasteiger partial charge in [0.2, 0.25) is 5.91 Å². The van der Waals surface area contributed by atoms with Crippen molar-refractivity contribution < 1.29 is 4.79 Å². The van der Waals surface area contributed by atoms with E-state index in [1.54, 1.807) is 0 Å². The number of hydrogen-bond acceptors (Lipinski definition) is 2. The Labute approximate surface area is 142 Å². The van der Waals surface area contributed by atoms with Crippen molar-refractivity contribution in [3.05, 3.63) is 0 Å². The fraction of sp³-hybridized carbons (Fsp3) is 0.944. The number of nitrogens with zero attached hydrogens (tertiary/aromatic N) is 1. The van der Waals surface area contributed by atoms with Crippen molar-refractivity contribution in [3.63, 3.8) is 0 Å². The van der Waals surface area contributed by atoms with Gasteiger partial charge in [-0.15, -0.1) is 12.4 Å². The topological polar surface area (TPSA) is 46.3 Å². The zero-order valence-corrected chi connectivity index (χ0v) is 15.3. The maximum atomic E-state index is 12.9. The number of halogens is 1. The van der Waals surface area contributed by atoms with Gasteiger partial charge in [0.15, 0.2) is 0 Å². The highest BCUT2D eigenvalue weighted by molar-refractivity contribution is 5.85. The van der Waals surface area contributed by atoms with Crippen LogP contribution >= 0.6 is 12.4 Å². The predicted octanol–water partition coefficient (Wildman–Crippen LogP) is 3.99. The largest absolute Gasteiger partial charge is 0.342 e. The number of hydrogen-bond donors (Lipinski definition) is 1. The van der Waals surface area contributed by atoms with Gasteiger partial charge in [-0.1, -0.05) is 52.4 Å². The zero-order chi connectivity index (χ0) is 15.3. The molecule has 4 heteroatoms. The van der Waals surface area contributed by atoms with Crippen molar-refractivity contribution in [1.82, 2.24) is 4.90 Å². The second-order valence-electron chi connectivity index (χ2n) is 7.75. The number of amides is 1. The number of nitrogens with two attached hydrogens (primary N) is 1. The van der Waals surface area contributed by atoms with Gasteiger partial charge in [0.25, 0.3) is 0 Å². The number of likely N-dealkylation sites (tertiary alicyclic amines) is 1. The number of rotatable bonds is 6. The Kier molecular flexibility index (Phi) is 8.20. The molecule has 0 aromatic heterocycles. The molecule has 1 aliphatic carbocycles. The molecule has 0 bridgehead atoms. The average Bonchev–Trinajstić information content (AvgIpc) is 2.90. The standard InChI is InChI=1S/C18H34N2O.ClH/c1-3-7-16(12-15-8-5-4-6-9-15)17(21)20-11-10-18(2,13-19)14-20;/h15-16H,3-14,19H2,1-2H3;1H. The summed E-state index contributed by atoms with van der Waals surface area (Å²) in [6.45, 7) is 6.90. The summed E-state index contributed by atoms with van der Waals surface area (Å²) in [6.07, 6.45) is 11.2. The first-order valence-electron chi connectivity index (χ1n) is 9.07. The average molecular weight is 331 g/mol. The molecule has 0 spiro atoms. The highest BCUT2D eigenvalue weighted by Crippen LogP contribution is 2.34. The van der Waals surface area contributed by atoms with Crippen LogP contribution in [-0.2, 0) is 4.79 Å². The normalized spacial score (nSPS) is 27.5. The summed E-state index contributed by atoms with van der Waals surface area (Å²) in [5.74, 6) is 1.47. The van der Waals surface area contributed by atoms with Crippen LogP contribution in [0, 0.1) is 17.3 Å². The van der Waals surface area contributed by atoms with Gasteiger partial charge < -0.3 is 10.6 Å². The molecule has 1 saturated carbocycles. The van der Waals surface area contributed by atoms with E-state index in [1.165, 1.54) is 32.1 Å². The SMILES string of the molecule is CCCC(CC1CCCCC1)C(=O)N1CCC(C)(CN)C1.Cl. The van der Waals surface area contributed by atoms with Crippen molar-refractivity contribution in [1.29, 1.82) is 0 Å². The summed E-state index contributed by atoms with van der Waals surface area (Å²) in [4.78, 5) is 15.0. The second kappa shape index (κ2) is 9.12. The molecule has 2 N–H and O–H groups in total. The lowest BCUT2D eigenvalue weighted by Gasteiger charge is -2.29. The van der Waals surface area contributed by atoms with Gasteiger partial charge in [0.05, 0.1) is 0 Å². The van der Waals surface area contributed by atoms with E-state index in [9.17, 15) is 4.79 Å². The van der Waals surface area contributed by atoms with Crippen molar-refractivity contribution in [2.24, 2.45) is 23.0 Å². The second-order valence-corrected chi connectivity index (χ2v) is 7.75. The van der Waals surface area contributed by atoms with Gasteiger partial charge in [-0.25, -0.2) is 0 Å². The summed E-state index contributed by atoms with van der Waals surface area (Å²) >= 11 is 0. The summed E-state index contributed by atoms with van der Waals surface area (Å²) in [5.41, 5.74) is 6.03. The van der Waals surface area contributed by atoms with Gasteiger partial charge in [0, 0.05) is 19.0 Å². The first kappa shape index (κ1) is 19.8. The summed E-state index contributed by atoms with van der Waals surface area (Å²) in [6, 6.07) is 0. The number of carbonyl (C=O) groups excluding carboxylic acids is 1. The molecule has 2 aliphatic rings. The lowest BCUT2D eigenvalue weighted by Crippen LogP contribution is -2.38. The summed E-state index contributed by atoms with van der Waals surface area (Å²) in [5, 5.41) is 0. The Hall–Kier alpha value is -0.280. The van der Waals surface area contributed by atoms with Crippen molar-refractivity contribution in [2.45, 2.75) is 71.6 Å². The monoisotopic (exact) mass is 330 g/mol. The molecule has 22 heavy (non-hydrogen) atoms. The molecule has 2 unspecified atom stereocenters. The zero-order valence-electron chi connectivity index (χ0n) is 14.5. The Morgan fingerprint density at radius 3 is 2.55 bits per heavy atom. The van der Waals surface area contributed by atoms with Crippen LogP contribution in [0.25, 0.3) is 0 Å². The Morgan fingerprint density at radius 1 is 1.32 bits per heavy atom. The molecule has 0 aromatic rings. The Balaban J connectivity index is 0.00000242. The van der Waals surface area contributed by atoms with Crippen LogP contribution < -0.4 is 5.73 Å². The van der Waals surface area contributed by atoms with E-state index in [1.807, 2.05) is 0 Å². The third kappa shape index (κ3) is 5.13. The first-order chi connectivity index (χ1) is 10.1. The van der Waals surface area contributed by atoms with Crippen LogP contribution in [0.1, 0.15) is 71.6 Å². The quantitative estimate of drug-likeness (QED) is 0.800. The molecule has 2 fully saturated rings. The Morgan fingerprint density at radius 2 is 2.00 bits per heavy atom. The van der Waals surface area contributed by atoms with Gasteiger partial charge in [-0.2, -0.15) is 0 Å². The first-order valence-corrected chi connectivity index (χ1v) is 9.07. The molecular weight excluding hydrogens is 296 g/mol. The summed E-state index contributed by atoms with van der Waals surface area (Å²) < 4.78 is 0. The maximum Gasteiger partial charge on any atom is 0.225 e. The van der Waals surface area contributed by atoms with E-state index in [0.29, 0.717) is 12.5 Å². The van der Waals surface area contributed by atoms with Gasteiger partial charge in [-0.3, -0.25) is 4.79 Å². The Bertz CT molecular complexity index is 344. The van der Waals surface area contributed by atoms with Crippen LogP contribution in [0.15, 0.2) is 0 Å². The molecule has 2 atom stereocenters. The van der Waals surface area contributed by atoms with E-state index in [4.69, 9.17) is 5.73 Å². The van der Waals surface area contributed by atoms with E-state index >= 15 is 0 Å². The van der Waals surface area contributed by atoms with Gasteiger partial charge >= 0.3 is 0 Å². The van der Waals surface area contributed by atoms with Gasteiger partial charge in [0.1, 0.15) is 0 Å². The molecule has 1 saturated heterocycles. The van der Waals surface area contributed by atoms with Gasteiger partial charge in [-0.05, 0) is 37.1 Å². The van der Waals surface area contributed by atoms with E-state index in [-0.39, 0.29) is 23.7 Å². The highest BCUT2D eigenvalue weighted by atomic mass is 35.5. The molecular formula is C18H35ClN2O. The molecule has 3 nitrogen and oxygen atoms in total. The molecule has 1 aliphatic heterocycles. The predicted molar refractivity (Wildman–Crippen MR) is 95.2 cm³/mol. The van der Waals surface area contributed by atoms with Crippen molar-refractivity contribution in [2.75, 3.05) is 19.6 Å². The van der Waals surface area contributed by atoms with Crippen LogP contribution in [0.4, 0.5) is 0 Å². The maximum absolute atomic E-state index is 12.9. The molecule has 0 aromatic carbocycles. The van der Waals surface area contributed by atoms with Crippen LogP contribution in [-0.4, -0.2) is 30.4 Å². The minimum absolute atomic E-state index is 0. The fourth-order valence-electron chi connectivity index (χ4n) is 4.15. The lowest BCUT2D eigenvalue weighted by molar-refractivity contribution is -0.135. The smallest absolute Gasteiger partial charge is 0.225 e. The summed E-state index contributed by atoms with van der Waals surface area (Å²) in [7, 11) is 0. The third-order valence-electron chi connectivity index (χ3n) is 5.69. The van der Waals surface area contributed by atoms with Crippen LogP contribution in [0.3, 0.4) is 0 Å². The van der Waals surface area contributed by atoms with E-state index in [0.717, 1.165) is 44.7 Å². The lowest BCUT2D eigenvalue weighted by atomic mass is 9.81. The van der Waals surface area contributed by atoms with Crippen molar-refractivity contribution >= 4 is 18.3 Å². The molecule has 1 heterocycles. The van der Waals surface area contributed by atoms with Crippen molar-refractivity contribution in [3.8, 4) is 0 Å². The number of carbonyl (C=O) groups is 1. The van der Waals surface area contributed by atoms with E-state index < -0.39 is 0 Å². The van der Waals surface area contributed by atoms with E-state index in [2.05, 4.69) is 18.7 Å². The highest BCUT2D eigenvalue weighted by Gasteiger charge is 2.37.